The molecule has 0 fully saturated rings. The minimum atomic E-state index is -0.412. The highest BCUT2D eigenvalue weighted by Gasteiger charge is 2.15. The van der Waals surface area contributed by atoms with Crippen molar-refractivity contribution in [1.82, 2.24) is 14.8 Å². The summed E-state index contributed by atoms with van der Waals surface area (Å²) in [5.74, 6) is 0.554. The molecule has 14 heavy (non-hydrogen) atoms. The average Bonchev–Trinajstić information content (AvgIpc) is 2.48. The van der Waals surface area contributed by atoms with Gasteiger partial charge in [0.15, 0.2) is 5.82 Å². The Hall–Kier alpha value is -1.39. The number of nitrogens with zero attached hydrogens (tertiary/aromatic N) is 3. The van der Waals surface area contributed by atoms with E-state index in [9.17, 15) is 4.79 Å². The van der Waals surface area contributed by atoms with Gasteiger partial charge in [-0.05, 0) is 13.3 Å². The summed E-state index contributed by atoms with van der Waals surface area (Å²) < 4.78 is 6.30. The molecule has 0 saturated heterocycles. The number of esters is 1. The van der Waals surface area contributed by atoms with E-state index in [-0.39, 0.29) is 5.82 Å². The Morgan fingerprint density at radius 1 is 1.50 bits per heavy atom. The average molecular weight is 197 g/mol. The van der Waals surface area contributed by atoms with E-state index in [0.29, 0.717) is 12.4 Å². The Morgan fingerprint density at radius 2 is 2.21 bits per heavy atom. The normalized spacial score (nSPS) is 10.2. The topological polar surface area (TPSA) is 57.0 Å². The second kappa shape index (κ2) is 4.74. The molecule has 0 atom stereocenters. The van der Waals surface area contributed by atoms with Crippen LogP contribution >= 0.6 is 0 Å². The van der Waals surface area contributed by atoms with Crippen molar-refractivity contribution >= 4 is 5.97 Å². The maximum absolute atomic E-state index is 11.3. The lowest BCUT2D eigenvalue weighted by Gasteiger charge is -1.98. The zero-order chi connectivity index (χ0) is 10.6. The lowest BCUT2D eigenvalue weighted by molar-refractivity contribution is 0.0506. The van der Waals surface area contributed by atoms with Crippen LogP contribution in [0.2, 0.25) is 0 Å². The summed E-state index contributed by atoms with van der Waals surface area (Å²) in [5, 5.41) is 4.11. The minimum Gasteiger partial charge on any atom is -0.460 e. The van der Waals surface area contributed by atoms with Crippen LogP contribution in [0.5, 0.6) is 0 Å². The first-order valence-corrected chi connectivity index (χ1v) is 4.76. The van der Waals surface area contributed by atoms with Crippen molar-refractivity contribution in [2.45, 2.75) is 26.7 Å². The summed E-state index contributed by atoms with van der Waals surface area (Å²) in [7, 11) is 1.69. The first kappa shape index (κ1) is 10.7. The second-order valence-electron chi connectivity index (χ2n) is 2.95. The zero-order valence-corrected chi connectivity index (χ0v) is 8.78. The Morgan fingerprint density at radius 3 is 2.79 bits per heavy atom. The standard InChI is InChI=1S/C9H15N3O2/c1-4-6-7-10-8(12(3)11-7)9(13)14-5-2/h4-6H2,1-3H3. The highest BCUT2D eigenvalue weighted by Crippen LogP contribution is 2.01. The Kier molecular flexibility index (Phi) is 3.62. The van der Waals surface area contributed by atoms with Gasteiger partial charge in [-0.15, -0.1) is 0 Å². The van der Waals surface area contributed by atoms with Gasteiger partial charge in [-0.1, -0.05) is 6.92 Å². The molecule has 0 unspecified atom stereocenters. The number of carbonyl (C=O) groups excluding carboxylic acids is 1. The molecule has 0 bridgehead atoms. The third-order valence-electron chi connectivity index (χ3n) is 1.74. The molecule has 78 valence electrons. The molecule has 0 saturated carbocycles. The van der Waals surface area contributed by atoms with Crippen molar-refractivity contribution in [3.63, 3.8) is 0 Å². The van der Waals surface area contributed by atoms with Gasteiger partial charge in [0.2, 0.25) is 5.82 Å². The summed E-state index contributed by atoms with van der Waals surface area (Å²) in [4.78, 5) is 15.4. The van der Waals surface area contributed by atoms with Gasteiger partial charge in [0, 0.05) is 13.5 Å². The lowest BCUT2D eigenvalue weighted by atomic mass is 10.3. The Balaban J connectivity index is 2.81. The third-order valence-corrected chi connectivity index (χ3v) is 1.74. The third kappa shape index (κ3) is 2.31. The van der Waals surface area contributed by atoms with E-state index in [4.69, 9.17) is 4.74 Å². The van der Waals surface area contributed by atoms with E-state index in [0.717, 1.165) is 12.8 Å². The zero-order valence-electron chi connectivity index (χ0n) is 8.78. The lowest BCUT2D eigenvalue weighted by Crippen LogP contribution is -2.11. The number of aromatic nitrogens is 3. The van der Waals surface area contributed by atoms with Gasteiger partial charge in [0.1, 0.15) is 0 Å². The Bertz CT molecular complexity index is 320. The van der Waals surface area contributed by atoms with Gasteiger partial charge in [0.25, 0.3) is 0 Å². The maximum atomic E-state index is 11.3. The molecule has 5 nitrogen and oxygen atoms in total. The summed E-state index contributed by atoms with van der Waals surface area (Å²) in [6.45, 7) is 4.16. The van der Waals surface area contributed by atoms with Gasteiger partial charge in [-0.25, -0.2) is 14.5 Å². The molecular weight excluding hydrogens is 182 g/mol. The van der Waals surface area contributed by atoms with Crippen LogP contribution in [0.4, 0.5) is 0 Å². The molecule has 0 N–H and O–H groups in total. The van der Waals surface area contributed by atoms with Crippen LogP contribution < -0.4 is 0 Å². The summed E-state index contributed by atoms with van der Waals surface area (Å²) in [6.07, 6.45) is 1.75. The number of aryl methyl sites for hydroxylation is 2. The van der Waals surface area contributed by atoms with Crippen molar-refractivity contribution in [3.8, 4) is 0 Å². The molecule has 0 radical (unpaired) electrons. The number of ether oxygens (including phenoxy) is 1. The van der Waals surface area contributed by atoms with Crippen LogP contribution in [0.25, 0.3) is 0 Å². The highest BCUT2D eigenvalue weighted by atomic mass is 16.5. The van der Waals surface area contributed by atoms with Crippen molar-refractivity contribution < 1.29 is 9.53 Å². The predicted octanol–water partition coefficient (Wildman–Crippen LogP) is 0.944. The molecule has 0 aliphatic carbocycles. The van der Waals surface area contributed by atoms with Gasteiger partial charge in [0.05, 0.1) is 6.61 Å². The Labute approximate surface area is 83.1 Å². The fourth-order valence-electron chi connectivity index (χ4n) is 1.14. The van der Waals surface area contributed by atoms with Crippen LogP contribution in [0.1, 0.15) is 36.7 Å². The first-order valence-electron chi connectivity index (χ1n) is 4.76. The summed E-state index contributed by atoms with van der Waals surface area (Å²) >= 11 is 0. The fraction of sp³-hybridized carbons (Fsp3) is 0.667. The van der Waals surface area contributed by atoms with E-state index in [2.05, 4.69) is 10.1 Å². The van der Waals surface area contributed by atoms with Crippen LogP contribution in [-0.4, -0.2) is 27.3 Å². The first-order chi connectivity index (χ1) is 6.69. The molecule has 0 aliphatic heterocycles. The van der Waals surface area contributed by atoms with E-state index in [1.165, 1.54) is 4.68 Å². The molecule has 1 aromatic heterocycles. The van der Waals surface area contributed by atoms with Crippen molar-refractivity contribution in [1.29, 1.82) is 0 Å². The van der Waals surface area contributed by atoms with Gasteiger partial charge < -0.3 is 4.74 Å². The molecule has 0 aromatic carbocycles. The molecule has 0 amide bonds. The van der Waals surface area contributed by atoms with E-state index < -0.39 is 5.97 Å². The SMILES string of the molecule is CCCc1nc(C(=O)OCC)n(C)n1. The smallest absolute Gasteiger partial charge is 0.376 e. The quantitative estimate of drug-likeness (QED) is 0.674. The molecule has 0 aliphatic rings. The fourth-order valence-corrected chi connectivity index (χ4v) is 1.14. The number of carbonyl (C=O) groups is 1. The molecule has 1 aromatic rings. The number of hydrogen-bond acceptors (Lipinski definition) is 4. The van der Waals surface area contributed by atoms with Crippen LogP contribution in [0, 0.1) is 0 Å². The number of hydrogen-bond donors (Lipinski definition) is 0. The molecule has 1 rings (SSSR count). The summed E-state index contributed by atoms with van der Waals surface area (Å²) in [6, 6.07) is 0. The largest absolute Gasteiger partial charge is 0.460 e. The highest BCUT2D eigenvalue weighted by molar-refractivity contribution is 5.85. The van der Waals surface area contributed by atoms with Gasteiger partial charge in [-0.3, -0.25) is 0 Å². The molecule has 5 heteroatoms. The van der Waals surface area contributed by atoms with Crippen molar-refractivity contribution in [2.75, 3.05) is 6.61 Å². The van der Waals surface area contributed by atoms with Gasteiger partial charge in [-0.2, -0.15) is 5.10 Å². The van der Waals surface area contributed by atoms with Crippen molar-refractivity contribution in [3.05, 3.63) is 11.6 Å². The van der Waals surface area contributed by atoms with Crippen LogP contribution in [-0.2, 0) is 18.2 Å². The molecule has 1 heterocycles. The minimum absolute atomic E-state index is 0.273. The monoisotopic (exact) mass is 197 g/mol. The van der Waals surface area contributed by atoms with E-state index >= 15 is 0 Å². The summed E-state index contributed by atoms with van der Waals surface area (Å²) in [5.41, 5.74) is 0. The molecule has 0 spiro atoms. The molecular formula is C9H15N3O2. The van der Waals surface area contributed by atoms with Crippen LogP contribution in [0.15, 0.2) is 0 Å². The van der Waals surface area contributed by atoms with Crippen molar-refractivity contribution in [2.24, 2.45) is 7.05 Å². The van der Waals surface area contributed by atoms with Gasteiger partial charge >= 0.3 is 5.97 Å². The van der Waals surface area contributed by atoms with E-state index in [1.54, 1.807) is 14.0 Å². The maximum Gasteiger partial charge on any atom is 0.376 e. The predicted molar refractivity (Wildman–Crippen MR) is 51.0 cm³/mol. The van der Waals surface area contributed by atoms with Crippen LogP contribution in [0.3, 0.4) is 0 Å². The second-order valence-corrected chi connectivity index (χ2v) is 2.95. The number of rotatable bonds is 4. The van der Waals surface area contributed by atoms with E-state index in [1.807, 2.05) is 6.92 Å².